The number of hydrogen-bond acceptors (Lipinski definition) is 3. The van der Waals surface area contributed by atoms with E-state index in [0.29, 0.717) is 18.1 Å². The summed E-state index contributed by atoms with van der Waals surface area (Å²) in [4.78, 5) is 21.0. The first-order valence-electron chi connectivity index (χ1n) is 8.03. The molecule has 5 nitrogen and oxygen atoms in total. The van der Waals surface area contributed by atoms with Crippen LogP contribution in [0.4, 0.5) is 5.69 Å². The van der Waals surface area contributed by atoms with E-state index < -0.39 is 0 Å². The molecular weight excluding hydrogens is 392 g/mol. The first kappa shape index (κ1) is 17.8. The Hall–Kier alpha value is -2.99. The van der Waals surface area contributed by atoms with Crippen LogP contribution >= 0.6 is 15.9 Å². The number of hydrogen-bond donors (Lipinski definition) is 2. The highest BCUT2D eigenvalue weighted by molar-refractivity contribution is 9.10. The van der Waals surface area contributed by atoms with Gasteiger partial charge in [0.05, 0.1) is 6.54 Å². The summed E-state index contributed by atoms with van der Waals surface area (Å²) in [5.74, 6) is 0.168. The van der Waals surface area contributed by atoms with Crippen LogP contribution in [-0.2, 0) is 6.54 Å². The summed E-state index contributed by atoms with van der Waals surface area (Å²) >= 11 is 3.41. The van der Waals surface area contributed by atoms with E-state index in [2.05, 4.69) is 36.5 Å². The van der Waals surface area contributed by atoms with Crippen LogP contribution in [-0.4, -0.2) is 16.9 Å². The van der Waals surface area contributed by atoms with Crippen molar-refractivity contribution >= 4 is 33.5 Å². The van der Waals surface area contributed by atoms with Crippen molar-refractivity contribution in [2.45, 2.75) is 6.54 Å². The van der Waals surface area contributed by atoms with Gasteiger partial charge in [0.1, 0.15) is 0 Å². The second kappa shape index (κ2) is 8.92. The van der Waals surface area contributed by atoms with Crippen molar-refractivity contribution in [1.29, 1.82) is 0 Å². The first-order valence-corrected chi connectivity index (χ1v) is 8.82. The number of halogens is 1. The van der Waals surface area contributed by atoms with Crippen LogP contribution in [0.15, 0.2) is 88.6 Å². The molecule has 2 N–H and O–H groups in total. The van der Waals surface area contributed by atoms with E-state index >= 15 is 0 Å². The van der Waals surface area contributed by atoms with Gasteiger partial charge < -0.3 is 5.32 Å². The number of carbonyl (C=O) groups excluding carboxylic acids is 1. The highest BCUT2D eigenvalue weighted by Crippen LogP contribution is 2.14. The highest BCUT2D eigenvalue weighted by atomic mass is 79.9. The van der Waals surface area contributed by atoms with Crippen LogP contribution in [0.3, 0.4) is 0 Å². The lowest BCUT2D eigenvalue weighted by Crippen LogP contribution is -2.36. The van der Waals surface area contributed by atoms with Crippen molar-refractivity contribution in [2.24, 2.45) is 4.99 Å². The van der Waals surface area contributed by atoms with Gasteiger partial charge in [-0.15, -0.1) is 0 Å². The molecule has 2 aromatic carbocycles. The Kier molecular flexibility index (Phi) is 6.11. The predicted molar refractivity (Wildman–Crippen MR) is 107 cm³/mol. The Morgan fingerprint density at radius 1 is 0.962 bits per heavy atom. The Labute approximate surface area is 160 Å². The van der Waals surface area contributed by atoms with Crippen molar-refractivity contribution in [3.8, 4) is 0 Å². The summed E-state index contributed by atoms with van der Waals surface area (Å²) in [6.45, 7) is 0.427. The average molecular weight is 409 g/mol. The summed E-state index contributed by atoms with van der Waals surface area (Å²) in [5, 5.41) is 6.00. The third kappa shape index (κ3) is 5.26. The molecule has 26 heavy (non-hydrogen) atoms. The number of nitrogens with one attached hydrogen (secondary N) is 2. The van der Waals surface area contributed by atoms with Crippen LogP contribution in [0.1, 0.15) is 15.9 Å². The molecule has 1 amide bonds. The number of benzene rings is 2. The predicted octanol–water partition coefficient (Wildman–Crippen LogP) is 4.24. The lowest BCUT2D eigenvalue weighted by molar-refractivity contribution is 0.0977. The van der Waals surface area contributed by atoms with Crippen LogP contribution in [0.5, 0.6) is 0 Å². The molecule has 130 valence electrons. The summed E-state index contributed by atoms with van der Waals surface area (Å²) < 4.78 is 0.978. The molecular formula is C20H17BrN4O. The van der Waals surface area contributed by atoms with Gasteiger partial charge in [0.25, 0.3) is 5.91 Å². The second-order valence-electron chi connectivity index (χ2n) is 5.47. The summed E-state index contributed by atoms with van der Waals surface area (Å²) in [5.41, 5.74) is 2.40. The minimum absolute atomic E-state index is 0.219. The fourth-order valence-corrected chi connectivity index (χ4v) is 2.47. The van der Waals surface area contributed by atoms with Gasteiger partial charge in [-0.05, 0) is 54.1 Å². The molecule has 6 heteroatoms. The van der Waals surface area contributed by atoms with Gasteiger partial charge in [0.2, 0.25) is 5.96 Å². The third-order valence-electron chi connectivity index (χ3n) is 3.54. The van der Waals surface area contributed by atoms with Crippen molar-refractivity contribution in [1.82, 2.24) is 10.3 Å². The normalized spacial score (nSPS) is 11.0. The summed E-state index contributed by atoms with van der Waals surface area (Å²) in [6.07, 6.45) is 3.43. The van der Waals surface area contributed by atoms with Crippen LogP contribution in [0.25, 0.3) is 0 Å². The van der Waals surface area contributed by atoms with E-state index in [-0.39, 0.29) is 5.91 Å². The Bertz CT molecular complexity index is 881. The fraction of sp³-hybridized carbons (Fsp3) is 0.0500. The number of aromatic nitrogens is 1. The molecule has 0 aliphatic heterocycles. The van der Waals surface area contributed by atoms with Crippen molar-refractivity contribution in [2.75, 3.05) is 5.32 Å². The number of carbonyl (C=O) groups is 1. The molecule has 0 bridgehead atoms. The summed E-state index contributed by atoms with van der Waals surface area (Å²) in [7, 11) is 0. The molecule has 0 fully saturated rings. The minimum Gasteiger partial charge on any atom is -0.326 e. The molecule has 0 aliphatic rings. The fourth-order valence-electron chi connectivity index (χ4n) is 2.21. The molecule has 0 saturated heterocycles. The number of anilines is 1. The van der Waals surface area contributed by atoms with Gasteiger partial charge in [-0.25, -0.2) is 4.99 Å². The number of nitrogens with zero attached hydrogens (tertiary/aromatic N) is 2. The lowest BCUT2D eigenvalue weighted by atomic mass is 10.2. The quantitative estimate of drug-likeness (QED) is 0.500. The molecule has 3 aromatic rings. The number of aliphatic imine (C=N–C) groups is 1. The van der Waals surface area contributed by atoms with Gasteiger partial charge in [-0.1, -0.05) is 34.1 Å². The van der Waals surface area contributed by atoms with E-state index in [1.165, 1.54) is 0 Å². The molecule has 0 atom stereocenters. The van der Waals surface area contributed by atoms with Crippen molar-refractivity contribution in [3.63, 3.8) is 0 Å². The van der Waals surface area contributed by atoms with Crippen molar-refractivity contribution < 1.29 is 4.79 Å². The lowest BCUT2D eigenvalue weighted by Gasteiger charge is -2.12. The number of pyridine rings is 1. The Balaban J connectivity index is 1.78. The number of guanidine groups is 1. The molecule has 0 aliphatic carbocycles. The third-order valence-corrected chi connectivity index (χ3v) is 4.07. The van der Waals surface area contributed by atoms with Crippen LogP contribution < -0.4 is 10.6 Å². The first-order chi connectivity index (χ1) is 12.7. The van der Waals surface area contributed by atoms with Gasteiger partial charge >= 0.3 is 0 Å². The zero-order chi connectivity index (χ0) is 18.2. The number of amides is 1. The smallest absolute Gasteiger partial charge is 0.257 e. The van der Waals surface area contributed by atoms with E-state index in [9.17, 15) is 4.79 Å². The van der Waals surface area contributed by atoms with Gasteiger partial charge in [-0.3, -0.25) is 15.1 Å². The maximum Gasteiger partial charge on any atom is 0.257 e. The Morgan fingerprint density at radius 2 is 1.65 bits per heavy atom. The SMILES string of the molecule is O=C(NC(=NCc1ccncc1)Nc1ccc(Br)cc1)c1ccccc1. The number of rotatable bonds is 4. The highest BCUT2D eigenvalue weighted by Gasteiger charge is 2.09. The molecule has 0 unspecified atom stereocenters. The topological polar surface area (TPSA) is 66.4 Å². The molecule has 0 saturated carbocycles. The minimum atomic E-state index is -0.219. The monoisotopic (exact) mass is 408 g/mol. The van der Waals surface area contributed by atoms with Crippen LogP contribution in [0, 0.1) is 0 Å². The Morgan fingerprint density at radius 3 is 2.35 bits per heavy atom. The molecule has 0 radical (unpaired) electrons. The largest absolute Gasteiger partial charge is 0.326 e. The summed E-state index contributed by atoms with van der Waals surface area (Å²) in [6, 6.07) is 20.5. The second-order valence-corrected chi connectivity index (χ2v) is 6.39. The maximum atomic E-state index is 12.5. The zero-order valence-electron chi connectivity index (χ0n) is 13.9. The average Bonchev–Trinajstić information content (AvgIpc) is 2.69. The molecule has 0 spiro atoms. The zero-order valence-corrected chi connectivity index (χ0v) is 15.5. The maximum absolute atomic E-state index is 12.5. The standard InChI is InChI=1S/C20H17BrN4O/c21-17-6-8-18(9-7-17)24-20(23-14-15-10-12-22-13-11-15)25-19(26)16-4-2-1-3-5-16/h1-13H,14H2,(H2,23,24,25,26). The van der Waals surface area contributed by atoms with E-state index in [0.717, 1.165) is 15.7 Å². The molecule has 1 heterocycles. The van der Waals surface area contributed by atoms with Crippen molar-refractivity contribution in [3.05, 3.63) is 94.7 Å². The van der Waals surface area contributed by atoms with E-state index in [4.69, 9.17) is 0 Å². The van der Waals surface area contributed by atoms with Gasteiger partial charge in [0.15, 0.2) is 0 Å². The van der Waals surface area contributed by atoms with Crippen LogP contribution in [0.2, 0.25) is 0 Å². The van der Waals surface area contributed by atoms with Gasteiger partial charge in [0, 0.05) is 28.1 Å². The van der Waals surface area contributed by atoms with E-state index in [1.807, 2.05) is 54.6 Å². The molecule has 1 aromatic heterocycles. The van der Waals surface area contributed by atoms with E-state index in [1.54, 1.807) is 24.5 Å². The van der Waals surface area contributed by atoms with Gasteiger partial charge in [-0.2, -0.15) is 0 Å². The molecule has 3 rings (SSSR count).